The van der Waals surface area contributed by atoms with Crippen LogP contribution in [0.5, 0.6) is 0 Å². The number of aromatic nitrogens is 4. The lowest BCUT2D eigenvalue weighted by Gasteiger charge is -1.90. The van der Waals surface area contributed by atoms with Gasteiger partial charge in [0.2, 0.25) is 0 Å². The van der Waals surface area contributed by atoms with E-state index in [2.05, 4.69) is 39.0 Å². The number of rotatable bonds is 0. The van der Waals surface area contributed by atoms with Gasteiger partial charge in [-0.3, -0.25) is 19.9 Å². The normalized spacial score (nSPS) is 9.62. The molecule has 0 aliphatic heterocycles. The smallest absolute Gasteiger partial charge is 0.0451 e. The summed E-state index contributed by atoms with van der Waals surface area (Å²) >= 11 is 0. The van der Waals surface area contributed by atoms with Gasteiger partial charge in [-0.2, -0.15) is 0 Å². The summed E-state index contributed by atoms with van der Waals surface area (Å²) in [5.74, 6) is 0. The predicted octanol–water partition coefficient (Wildman–Crippen LogP) is 5.41. The van der Waals surface area contributed by atoms with Crippen LogP contribution in [-0.4, -0.2) is 19.9 Å². The van der Waals surface area contributed by atoms with Crippen LogP contribution in [0.3, 0.4) is 0 Å². The van der Waals surface area contributed by atoms with Gasteiger partial charge in [-0.25, -0.2) is 0 Å². The first-order valence-electron chi connectivity index (χ1n) is 9.28. The minimum absolute atomic E-state index is 1.07. The summed E-state index contributed by atoms with van der Waals surface area (Å²) in [4.78, 5) is 15.8. The standard InChI is InChI=1S/C8H9N.C6H7N.C4H4N2.2C2H6/c1-6-4-7-2-3-8(5-7)9-6;1-6-4-2-3-5-7-6;1-2-6-4-3-5-1;2*1-2/h4-5H,2-3H2,1H3;2-5H,1H3;1-4H;2*1-2H3. The van der Waals surface area contributed by atoms with Crippen molar-refractivity contribution in [1.29, 1.82) is 0 Å². The zero-order chi connectivity index (χ0) is 19.6. The Kier molecular flexibility index (Phi) is 14.3. The van der Waals surface area contributed by atoms with Crippen LogP contribution in [0, 0.1) is 13.8 Å². The average Bonchev–Trinajstić information content (AvgIpc) is 3.06. The summed E-state index contributed by atoms with van der Waals surface area (Å²) in [5, 5.41) is 0. The van der Waals surface area contributed by atoms with Gasteiger partial charge in [-0.15, -0.1) is 0 Å². The van der Waals surface area contributed by atoms with Gasteiger partial charge in [-0.05, 0) is 56.5 Å². The molecular weight excluding hydrogens is 320 g/mol. The lowest BCUT2D eigenvalue weighted by atomic mass is 10.2. The Bertz CT molecular complexity index is 621. The van der Waals surface area contributed by atoms with Crippen molar-refractivity contribution in [2.24, 2.45) is 0 Å². The second-order valence-corrected chi connectivity index (χ2v) is 4.97. The van der Waals surface area contributed by atoms with E-state index >= 15 is 0 Å². The molecule has 0 saturated carbocycles. The molecule has 0 aromatic carbocycles. The van der Waals surface area contributed by atoms with Crippen LogP contribution in [0.15, 0.2) is 61.3 Å². The average molecular weight is 353 g/mol. The Morgan fingerprint density at radius 1 is 0.692 bits per heavy atom. The molecule has 26 heavy (non-hydrogen) atoms. The molecular formula is C22H32N4. The van der Waals surface area contributed by atoms with Crippen molar-refractivity contribution >= 4 is 0 Å². The number of nitrogens with zero attached hydrogens (tertiary/aromatic N) is 4. The van der Waals surface area contributed by atoms with Gasteiger partial charge >= 0.3 is 0 Å². The Hall–Kier alpha value is -2.62. The van der Waals surface area contributed by atoms with E-state index in [-0.39, 0.29) is 0 Å². The predicted molar refractivity (Wildman–Crippen MR) is 110 cm³/mol. The Labute approximate surface area is 158 Å². The molecule has 4 heteroatoms. The van der Waals surface area contributed by atoms with E-state index in [0.29, 0.717) is 0 Å². The fourth-order valence-electron chi connectivity index (χ4n) is 2.06. The van der Waals surface area contributed by atoms with Crippen LogP contribution in [0.1, 0.15) is 50.3 Å². The Balaban J connectivity index is 0.000000335. The first-order valence-corrected chi connectivity index (χ1v) is 9.28. The van der Waals surface area contributed by atoms with Crippen molar-refractivity contribution in [3.05, 3.63) is 84.0 Å². The molecule has 0 radical (unpaired) electrons. The van der Waals surface area contributed by atoms with Gasteiger partial charge in [-0.1, -0.05) is 33.8 Å². The number of hydrogen-bond acceptors (Lipinski definition) is 4. The summed E-state index contributed by atoms with van der Waals surface area (Å²) in [6, 6.07) is 10.2. The third-order valence-corrected chi connectivity index (χ3v) is 3.03. The van der Waals surface area contributed by atoms with Crippen molar-refractivity contribution < 1.29 is 0 Å². The zero-order valence-electron chi connectivity index (χ0n) is 17.0. The maximum atomic E-state index is 4.34. The largest absolute Gasteiger partial charge is 0.262 e. The van der Waals surface area contributed by atoms with Gasteiger partial charge < -0.3 is 0 Å². The quantitative estimate of drug-likeness (QED) is 0.543. The first-order chi connectivity index (χ1) is 12.7. The molecule has 3 heterocycles. The lowest BCUT2D eigenvalue weighted by molar-refractivity contribution is 0.988. The number of pyridine rings is 2. The molecule has 0 fully saturated rings. The van der Waals surface area contributed by atoms with E-state index in [9.17, 15) is 0 Å². The highest BCUT2D eigenvalue weighted by Crippen LogP contribution is 2.15. The van der Waals surface area contributed by atoms with E-state index < -0.39 is 0 Å². The molecule has 1 aliphatic rings. The van der Waals surface area contributed by atoms with Crippen LogP contribution >= 0.6 is 0 Å². The summed E-state index contributed by atoms with van der Waals surface area (Å²) in [7, 11) is 0. The molecule has 0 amide bonds. The highest BCUT2D eigenvalue weighted by molar-refractivity contribution is 5.26. The highest BCUT2D eigenvalue weighted by Gasteiger charge is 2.07. The molecule has 0 spiro atoms. The van der Waals surface area contributed by atoms with Crippen molar-refractivity contribution in [2.45, 2.75) is 54.4 Å². The van der Waals surface area contributed by atoms with Crippen LogP contribution in [0.4, 0.5) is 0 Å². The topological polar surface area (TPSA) is 51.6 Å². The zero-order valence-corrected chi connectivity index (χ0v) is 17.0. The molecule has 4 nitrogen and oxygen atoms in total. The third-order valence-electron chi connectivity index (χ3n) is 3.03. The second kappa shape index (κ2) is 15.9. The monoisotopic (exact) mass is 352 g/mol. The first kappa shape index (κ1) is 23.4. The molecule has 4 rings (SSSR count). The lowest BCUT2D eigenvalue weighted by Crippen LogP contribution is -1.82. The number of hydrogen-bond donors (Lipinski definition) is 0. The van der Waals surface area contributed by atoms with E-state index in [1.165, 1.54) is 23.4 Å². The second-order valence-electron chi connectivity index (χ2n) is 4.97. The minimum Gasteiger partial charge on any atom is -0.262 e. The molecule has 0 N–H and O–H groups in total. The SMILES string of the molecule is CC.CC.Cc1cc2cc(n1)CC2.Cc1ccccn1.c1cnccn1. The fourth-order valence-corrected chi connectivity index (χ4v) is 2.06. The molecule has 0 atom stereocenters. The molecule has 3 aromatic rings. The van der Waals surface area contributed by atoms with Gasteiger partial charge in [0.15, 0.2) is 0 Å². The number of aryl methyl sites for hydroxylation is 4. The van der Waals surface area contributed by atoms with Crippen LogP contribution in [0.25, 0.3) is 0 Å². The highest BCUT2D eigenvalue weighted by atomic mass is 14.7. The van der Waals surface area contributed by atoms with E-state index in [0.717, 1.165) is 12.1 Å². The van der Waals surface area contributed by atoms with Crippen LogP contribution in [-0.2, 0) is 12.8 Å². The van der Waals surface area contributed by atoms with E-state index in [4.69, 9.17) is 0 Å². The molecule has 3 aromatic heterocycles. The summed E-state index contributed by atoms with van der Waals surface area (Å²) in [6.45, 7) is 12.0. The molecule has 0 saturated heterocycles. The van der Waals surface area contributed by atoms with Gasteiger partial charge in [0, 0.05) is 48.1 Å². The maximum absolute atomic E-state index is 4.34. The Morgan fingerprint density at radius 3 is 1.69 bits per heavy atom. The van der Waals surface area contributed by atoms with Crippen molar-refractivity contribution in [3.63, 3.8) is 0 Å². The van der Waals surface area contributed by atoms with Gasteiger partial charge in [0.1, 0.15) is 0 Å². The van der Waals surface area contributed by atoms with E-state index in [1.807, 2.05) is 52.8 Å². The van der Waals surface area contributed by atoms with Crippen molar-refractivity contribution in [1.82, 2.24) is 19.9 Å². The van der Waals surface area contributed by atoms with Crippen molar-refractivity contribution in [3.8, 4) is 0 Å². The van der Waals surface area contributed by atoms with Gasteiger partial charge in [0.05, 0.1) is 0 Å². The van der Waals surface area contributed by atoms with Gasteiger partial charge in [0.25, 0.3) is 0 Å². The molecule has 140 valence electrons. The molecule has 2 bridgehead atoms. The van der Waals surface area contributed by atoms with Crippen LogP contribution in [0.2, 0.25) is 0 Å². The number of fused-ring (bicyclic) bond motifs is 2. The third kappa shape index (κ3) is 11.0. The Morgan fingerprint density at radius 2 is 1.31 bits per heavy atom. The summed E-state index contributed by atoms with van der Waals surface area (Å²) in [6.07, 6.45) is 10.7. The summed E-state index contributed by atoms with van der Waals surface area (Å²) in [5.41, 5.74) is 4.96. The molecule has 0 unspecified atom stereocenters. The maximum Gasteiger partial charge on any atom is 0.0451 e. The fraction of sp³-hybridized carbons (Fsp3) is 0.364. The molecule has 1 aliphatic carbocycles. The van der Waals surface area contributed by atoms with Crippen molar-refractivity contribution in [2.75, 3.05) is 0 Å². The summed E-state index contributed by atoms with van der Waals surface area (Å²) < 4.78 is 0. The van der Waals surface area contributed by atoms with Crippen LogP contribution < -0.4 is 0 Å². The van der Waals surface area contributed by atoms with E-state index in [1.54, 1.807) is 31.0 Å². The minimum atomic E-state index is 1.07.